The zero-order valence-corrected chi connectivity index (χ0v) is 18.3. The van der Waals surface area contributed by atoms with E-state index in [1.54, 1.807) is 0 Å². The number of piperazine rings is 1. The number of guanidine groups is 1. The minimum Gasteiger partial charge on any atom is -0.370 e. The zero-order valence-electron chi connectivity index (χ0n) is 16.0. The molecule has 1 aliphatic carbocycles. The first-order valence-electron chi connectivity index (χ1n) is 9.74. The normalized spacial score (nSPS) is 19.2. The van der Waals surface area contributed by atoms with Crippen molar-refractivity contribution in [2.24, 2.45) is 10.7 Å². The maximum Gasteiger partial charge on any atom is 0.191 e. The topological polar surface area (TPSA) is 48.1 Å². The van der Waals surface area contributed by atoms with Crippen molar-refractivity contribution in [1.82, 2.24) is 14.7 Å². The van der Waals surface area contributed by atoms with E-state index in [2.05, 4.69) is 57.1 Å². The van der Waals surface area contributed by atoms with Gasteiger partial charge in [0.1, 0.15) is 0 Å². The molecule has 0 atom stereocenters. The highest BCUT2D eigenvalue weighted by atomic mass is 127. The molecule has 3 rings (SSSR count). The van der Waals surface area contributed by atoms with Crippen LogP contribution in [0, 0.1) is 0 Å². The van der Waals surface area contributed by atoms with Crippen molar-refractivity contribution >= 4 is 29.9 Å². The summed E-state index contributed by atoms with van der Waals surface area (Å²) in [5.41, 5.74) is 7.44. The van der Waals surface area contributed by atoms with Gasteiger partial charge in [0, 0.05) is 52.4 Å². The molecule has 0 radical (unpaired) electrons. The van der Waals surface area contributed by atoms with Crippen LogP contribution >= 0.6 is 24.0 Å². The first-order chi connectivity index (χ1) is 12.2. The molecule has 1 saturated carbocycles. The van der Waals surface area contributed by atoms with Gasteiger partial charge in [0.2, 0.25) is 0 Å². The summed E-state index contributed by atoms with van der Waals surface area (Å²) in [6.45, 7) is 7.84. The molecule has 0 spiro atoms. The molecular formula is C20H34IN5. The zero-order chi connectivity index (χ0) is 17.5. The molecule has 2 fully saturated rings. The molecule has 1 aliphatic heterocycles. The average Bonchev–Trinajstić information content (AvgIpc) is 3.48. The Morgan fingerprint density at radius 1 is 1.08 bits per heavy atom. The van der Waals surface area contributed by atoms with Crippen LogP contribution in [0.15, 0.2) is 35.3 Å². The van der Waals surface area contributed by atoms with Crippen LogP contribution in [0.25, 0.3) is 0 Å². The second kappa shape index (κ2) is 11.1. The number of nitrogens with two attached hydrogens (primary N) is 1. The third-order valence-corrected chi connectivity index (χ3v) is 5.33. The van der Waals surface area contributed by atoms with Crippen LogP contribution in [0.2, 0.25) is 0 Å². The quantitative estimate of drug-likeness (QED) is 0.274. The smallest absolute Gasteiger partial charge is 0.191 e. The minimum atomic E-state index is 0. The van der Waals surface area contributed by atoms with E-state index in [0.29, 0.717) is 6.04 Å². The summed E-state index contributed by atoms with van der Waals surface area (Å²) in [5.74, 6) is 0.719. The average molecular weight is 471 g/mol. The predicted octanol–water partition coefficient (Wildman–Crippen LogP) is 2.61. The molecule has 0 amide bonds. The molecule has 1 aromatic carbocycles. The van der Waals surface area contributed by atoms with E-state index in [1.165, 1.54) is 57.5 Å². The van der Waals surface area contributed by atoms with E-state index in [9.17, 15) is 0 Å². The third-order valence-electron chi connectivity index (χ3n) is 5.33. The summed E-state index contributed by atoms with van der Waals surface area (Å²) >= 11 is 0. The van der Waals surface area contributed by atoms with Crippen molar-refractivity contribution in [3.8, 4) is 0 Å². The van der Waals surface area contributed by atoms with E-state index in [0.717, 1.165) is 25.5 Å². The molecule has 1 aromatic rings. The SMILES string of the molecule is CN(C(N)=NCCCCN1CCN(Cc2ccccc2)CC1)C1CC1.I. The predicted molar refractivity (Wildman–Crippen MR) is 120 cm³/mol. The van der Waals surface area contributed by atoms with Gasteiger partial charge in [0.15, 0.2) is 5.96 Å². The number of benzene rings is 1. The Kier molecular flexibility index (Phi) is 9.15. The lowest BCUT2D eigenvalue weighted by molar-refractivity contribution is 0.126. The summed E-state index contributed by atoms with van der Waals surface area (Å²) in [5, 5.41) is 0. The fraction of sp³-hybridized carbons (Fsp3) is 0.650. The first kappa shape index (κ1) is 21.4. The Labute approximate surface area is 175 Å². The lowest BCUT2D eigenvalue weighted by Gasteiger charge is -2.34. The molecular weight excluding hydrogens is 437 g/mol. The number of hydrogen-bond donors (Lipinski definition) is 1. The van der Waals surface area contributed by atoms with Crippen LogP contribution in [-0.2, 0) is 6.54 Å². The molecule has 6 heteroatoms. The van der Waals surface area contributed by atoms with Crippen LogP contribution in [0.3, 0.4) is 0 Å². The molecule has 1 saturated heterocycles. The van der Waals surface area contributed by atoms with E-state index >= 15 is 0 Å². The fourth-order valence-electron chi connectivity index (χ4n) is 3.41. The number of halogens is 1. The maximum absolute atomic E-state index is 6.02. The molecule has 26 heavy (non-hydrogen) atoms. The van der Waals surface area contributed by atoms with Crippen molar-refractivity contribution < 1.29 is 0 Å². The number of unbranched alkanes of at least 4 members (excludes halogenated alkanes) is 1. The van der Waals surface area contributed by atoms with Crippen molar-refractivity contribution in [2.75, 3.05) is 46.3 Å². The molecule has 146 valence electrons. The van der Waals surface area contributed by atoms with E-state index in [4.69, 9.17) is 5.73 Å². The van der Waals surface area contributed by atoms with Crippen molar-refractivity contribution in [3.05, 3.63) is 35.9 Å². The van der Waals surface area contributed by atoms with Gasteiger partial charge in [-0.05, 0) is 37.8 Å². The van der Waals surface area contributed by atoms with Gasteiger partial charge in [0.25, 0.3) is 0 Å². The summed E-state index contributed by atoms with van der Waals surface area (Å²) in [6, 6.07) is 11.4. The fourth-order valence-corrected chi connectivity index (χ4v) is 3.41. The molecule has 2 N–H and O–H groups in total. The van der Waals surface area contributed by atoms with Crippen LogP contribution in [0.5, 0.6) is 0 Å². The van der Waals surface area contributed by atoms with Crippen molar-refractivity contribution in [3.63, 3.8) is 0 Å². The highest BCUT2D eigenvalue weighted by Gasteiger charge is 2.27. The van der Waals surface area contributed by atoms with Crippen LogP contribution < -0.4 is 5.73 Å². The number of hydrogen-bond acceptors (Lipinski definition) is 3. The highest BCUT2D eigenvalue weighted by molar-refractivity contribution is 14.0. The van der Waals surface area contributed by atoms with Gasteiger partial charge in [-0.1, -0.05) is 30.3 Å². The summed E-state index contributed by atoms with van der Waals surface area (Å²) in [7, 11) is 2.06. The van der Waals surface area contributed by atoms with Crippen LogP contribution in [0.1, 0.15) is 31.2 Å². The van der Waals surface area contributed by atoms with Gasteiger partial charge in [-0.3, -0.25) is 9.89 Å². The Balaban J connectivity index is 0.00000243. The van der Waals surface area contributed by atoms with Gasteiger partial charge < -0.3 is 15.5 Å². The van der Waals surface area contributed by atoms with Gasteiger partial charge in [-0.15, -0.1) is 24.0 Å². The van der Waals surface area contributed by atoms with Crippen LogP contribution in [0.4, 0.5) is 0 Å². The molecule has 5 nitrogen and oxygen atoms in total. The molecule has 0 aromatic heterocycles. The van der Waals surface area contributed by atoms with Gasteiger partial charge in [0.05, 0.1) is 0 Å². The monoisotopic (exact) mass is 471 g/mol. The van der Waals surface area contributed by atoms with E-state index in [-0.39, 0.29) is 24.0 Å². The van der Waals surface area contributed by atoms with Crippen molar-refractivity contribution in [2.45, 2.75) is 38.3 Å². The standard InChI is InChI=1S/C20H33N5.HI/c1-23(19-9-10-19)20(21)22-11-5-6-12-24-13-15-25(16-14-24)17-18-7-3-2-4-8-18;/h2-4,7-8,19H,5-6,9-17H2,1H3,(H2,21,22);1H. The summed E-state index contributed by atoms with van der Waals surface area (Å²) in [4.78, 5) is 11.8. The van der Waals surface area contributed by atoms with Gasteiger partial charge in [-0.2, -0.15) is 0 Å². The summed E-state index contributed by atoms with van der Waals surface area (Å²) < 4.78 is 0. The summed E-state index contributed by atoms with van der Waals surface area (Å²) in [6.07, 6.45) is 4.87. The number of rotatable bonds is 8. The molecule has 0 unspecified atom stereocenters. The molecule has 1 heterocycles. The Morgan fingerprint density at radius 3 is 2.38 bits per heavy atom. The van der Waals surface area contributed by atoms with Crippen molar-refractivity contribution in [1.29, 1.82) is 0 Å². The first-order valence-corrected chi connectivity index (χ1v) is 9.74. The minimum absolute atomic E-state index is 0. The Morgan fingerprint density at radius 2 is 1.73 bits per heavy atom. The third kappa shape index (κ3) is 7.04. The second-order valence-corrected chi connectivity index (χ2v) is 7.39. The van der Waals surface area contributed by atoms with E-state index in [1.807, 2.05) is 0 Å². The second-order valence-electron chi connectivity index (χ2n) is 7.39. The van der Waals surface area contributed by atoms with Crippen LogP contribution in [-0.4, -0.2) is 73.0 Å². The Bertz CT molecular complexity index is 538. The van der Waals surface area contributed by atoms with Gasteiger partial charge >= 0.3 is 0 Å². The highest BCUT2D eigenvalue weighted by Crippen LogP contribution is 2.24. The largest absolute Gasteiger partial charge is 0.370 e. The number of nitrogens with zero attached hydrogens (tertiary/aromatic N) is 4. The lowest BCUT2D eigenvalue weighted by atomic mass is 10.2. The molecule has 0 bridgehead atoms. The number of aliphatic imine (C=N–C) groups is 1. The van der Waals surface area contributed by atoms with E-state index < -0.39 is 0 Å². The Hall–Kier alpha value is -0.860. The van der Waals surface area contributed by atoms with Gasteiger partial charge in [-0.25, -0.2) is 0 Å². The maximum atomic E-state index is 6.02. The molecule has 2 aliphatic rings. The lowest BCUT2D eigenvalue weighted by Crippen LogP contribution is -2.46.